The molecule has 1 aromatic heterocycles. The average molecular weight is 318 g/mol. The first-order chi connectivity index (χ1) is 10.8. The number of aromatic nitrogens is 1. The van der Waals surface area contributed by atoms with Crippen LogP contribution < -0.4 is 0 Å². The summed E-state index contributed by atoms with van der Waals surface area (Å²) in [4.78, 5) is 17.2. The summed E-state index contributed by atoms with van der Waals surface area (Å²) in [5.74, 6) is 0.145. The first-order valence-corrected chi connectivity index (χ1v) is 8.08. The fourth-order valence-corrected chi connectivity index (χ4v) is 3.05. The number of hydrogen-bond donors (Lipinski definition) is 1. The predicted molar refractivity (Wildman–Crippen MR) is 88.0 cm³/mol. The van der Waals surface area contributed by atoms with Crippen molar-refractivity contribution in [3.05, 3.63) is 35.8 Å². The van der Waals surface area contributed by atoms with Gasteiger partial charge in [0.15, 0.2) is 0 Å². The molecule has 1 amide bonds. The van der Waals surface area contributed by atoms with Gasteiger partial charge in [-0.3, -0.25) is 0 Å². The lowest BCUT2D eigenvalue weighted by atomic mass is 9.94. The van der Waals surface area contributed by atoms with Gasteiger partial charge < -0.3 is 14.6 Å². The zero-order valence-corrected chi connectivity index (χ0v) is 13.9. The third-order valence-corrected chi connectivity index (χ3v) is 4.19. The molecule has 0 bridgehead atoms. The monoisotopic (exact) mass is 318 g/mol. The molecule has 3 rings (SSSR count). The molecule has 1 saturated heterocycles. The summed E-state index contributed by atoms with van der Waals surface area (Å²) in [6, 6.07) is 6.80. The Balaban J connectivity index is 1.65. The number of hydrogen-bond acceptors (Lipinski definition) is 2. The number of nitrogens with one attached hydrogen (secondary N) is 1. The molecule has 0 unspecified atom stereocenters. The average Bonchev–Trinajstić information content (AvgIpc) is 2.88. The van der Waals surface area contributed by atoms with Gasteiger partial charge in [-0.15, -0.1) is 0 Å². The summed E-state index contributed by atoms with van der Waals surface area (Å²) in [5, 5.41) is 0.898. The number of fused-ring (bicyclic) bond motifs is 1. The van der Waals surface area contributed by atoms with Gasteiger partial charge in [-0.1, -0.05) is 0 Å². The largest absolute Gasteiger partial charge is 0.444 e. The maximum absolute atomic E-state index is 13.3. The fraction of sp³-hybridized carbons (Fsp3) is 0.500. The van der Waals surface area contributed by atoms with E-state index in [1.807, 2.05) is 26.8 Å². The molecule has 0 spiro atoms. The van der Waals surface area contributed by atoms with E-state index in [0.717, 1.165) is 29.4 Å². The van der Waals surface area contributed by atoms with Crippen LogP contribution >= 0.6 is 0 Å². The second kappa shape index (κ2) is 5.87. The van der Waals surface area contributed by atoms with E-state index in [9.17, 15) is 9.18 Å². The Morgan fingerprint density at radius 2 is 1.96 bits per heavy atom. The molecule has 1 fully saturated rings. The maximum Gasteiger partial charge on any atom is 0.410 e. The lowest BCUT2D eigenvalue weighted by Gasteiger charge is -2.33. The van der Waals surface area contributed by atoms with Gasteiger partial charge in [-0.25, -0.2) is 9.18 Å². The molecular formula is C18H23FN2O2. The predicted octanol–water partition coefficient (Wildman–Crippen LogP) is 4.42. The van der Waals surface area contributed by atoms with Crippen molar-refractivity contribution >= 4 is 17.0 Å². The molecule has 4 nitrogen and oxygen atoms in total. The van der Waals surface area contributed by atoms with Gasteiger partial charge in [0.1, 0.15) is 11.4 Å². The number of ether oxygens (including phenoxy) is 1. The van der Waals surface area contributed by atoms with Crippen LogP contribution in [-0.2, 0) is 4.74 Å². The molecule has 1 aliphatic rings. The maximum atomic E-state index is 13.3. The van der Waals surface area contributed by atoms with E-state index in [4.69, 9.17) is 4.74 Å². The van der Waals surface area contributed by atoms with E-state index < -0.39 is 5.60 Å². The van der Waals surface area contributed by atoms with Gasteiger partial charge in [-0.05, 0) is 57.9 Å². The number of carbonyl (C=O) groups is 1. The Morgan fingerprint density at radius 3 is 2.61 bits per heavy atom. The fourth-order valence-electron chi connectivity index (χ4n) is 3.05. The van der Waals surface area contributed by atoms with Gasteiger partial charge in [0.25, 0.3) is 0 Å². The highest BCUT2D eigenvalue weighted by atomic mass is 19.1. The Hall–Kier alpha value is -2.04. The van der Waals surface area contributed by atoms with Crippen LogP contribution in [0.1, 0.15) is 45.2 Å². The van der Waals surface area contributed by atoms with E-state index >= 15 is 0 Å². The third kappa shape index (κ3) is 3.66. The number of amides is 1. The zero-order valence-electron chi connectivity index (χ0n) is 13.9. The highest BCUT2D eigenvalue weighted by molar-refractivity contribution is 5.80. The number of carbonyl (C=O) groups excluding carboxylic acids is 1. The van der Waals surface area contributed by atoms with Gasteiger partial charge in [-0.2, -0.15) is 0 Å². The zero-order chi connectivity index (χ0) is 16.6. The molecule has 1 aromatic carbocycles. The minimum absolute atomic E-state index is 0.220. The summed E-state index contributed by atoms with van der Waals surface area (Å²) in [6.45, 7) is 7.00. The molecule has 2 heterocycles. The summed E-state index contributed by atoms with van der Waals surface area (Å²) in [5.41, 5.74) is 1.61. The lowest BCUT2D eigenvalue weighted by Crippen LogP contribution is -2.41. The number of aromatic amines is 1. The van der Waals surface area contributed by atoms with Crippen LogP contribution in [0.5, 0.6) is 0 Å². The van der Waals surface area contributed by atoms with Gasteiger partial charge in [0, 0.05) is 35.6 Å². The van der Waals surface area contributed by atoms with E-state index in [1.54, 1.807) is 17.0 Å². The van der Waals surface area contributed by atoms with Crippen molar-refractivity contribution in [2.45, 2.75) is 45.1 Å². The van der Waals surface area contributed by atoms with Crippen LogP contribution in [0.15, 0.2) is 24.3 Å². The summed E-state index contributed by atoms with van der Waals surface area (Å²) in [7, 11) is 0. The summed E-state index contributed by atoms with van der Waals surface area (Å²) >= 11 is 0. The Labute approximate surface area is 135 Å². The molecule has 1 aliphatic heterocycles. The molecule has 0 radical (unpaired) electrons. The van der Waals surface area contributed by atoms with E-state index in [0.29, 0.717) is 19.0 Å². The van der Waals surface area contributed by atoms with Crippen LogP contribution in [0.25, 0.3) is 10.9 Å². The van der Waals surface area contributed by atoms with Gasteiger partial charge >= 0.3 is 6.09 Å². The van der Waals surface area contributed by atoms with Crippen molar-refractivity contribution in [2.24, 2.45) is 0 Å². The Morgan fingerprint density at radius 1 is 1.26 bits per heavy atom. The van der Waals surface area contributed by atoms with E-state index in [1.165, 1.54) is 6.07 Å². The molecule has 2 aromatic rings. The van der Waals surface area contributed by atoms with Crippen LogP contribution in [0.4, 0.5) is 9.18 Å². The molecule has 23 heavy (non-hydrogen) atoms. The van der Waals surface area contributed by atoms with Crippen molar-refractivity contribution in [2.75, 3.05) is 13.1 Å². The normalized spacial score (nSPS) is 16.8. The summed E-state index contributed by atoms with van der Waals surface area (Å²) in [6.07, 6.45) is 1.53. The standard InChI is InChI=1S/C18H23FN2O2/c1-18(2,3)23-17(22)21-8-6-12(7-9-21)16-11-13-10-14(19)4-5-15(13)20-16/h4-5,10-12,20H,6-9H2,1-3H3. The van der Waals surface area contributed by atoms with Gasteiger partial charge in [0.2, 0.25) is 0 Å². The molecular weight excluding hydrogens is 295 g/mol. The van der Waals surface area contributed by atoms with Crippen molar-refractivity contribution in [3.8, 4) is 0 Å². The first-order valence-electron chi connectivity index (χ1n) is 8.08. The minimum Gasteiger partial charge on any atom is -0.444 e. The lowest BCUT2D eigenvalue weighted by molar-refractivity contribution is 0.0204. The topological polar surface area (TPSA) is 45.3 Å². The van der Waals surface area contributed by atoms with E-state index in [2.05, 4.69) is 4.98 Å². The van der Waals surface area contributed by atoms with Crippen LogP contribution in [-0.4, -0.2) is 34.7 Å². The Kier molecular flexibility index (Phi) is 4.04. The van der Waals surface area contributed by atoms with Crippen molar-refractivity contribution < 1.29 is 13.9 Å². The quantitative estimate of drug-likeness (QED) is 0.846. The second-order valence-electron chi connectivity index (χ2n) is 7.20. The molecule has 1 N–H and O–H groups in total. The number of rotatable bonds is 1. The Bertz CT molecular complexity index is 709. The number of piperidine rings is 1. The minimum atomic E-state index is -0.463. The smallest absolute Gasteiger partial charge is 0.410 e. The van der Waals surface area contributed by atoms with Crippen LogP contribution in [0, 0.1) is 5.82 Å². The highest BCUT2D eigenvalue weighted by Gasteiger charge is 2.28. The first kappa shape index (κ1) is 15.8. The SMILES string of the molecule is CC(C)(C)OC(=O)N1CCC(c2cc3cc(F)ccc3[nH]2)CC1. The summed E-state index contributed by atoms with van der Waals surface area (Å²) < 4.78 is 18.7. The van der Waals surface area contributed by atoms with Crippen molar-refractivity contribution in [3.63, 3.8) is 0 Å². The van der Waals surface area contributed by atoms with Gasteiger partial charge in [0.05, 0.1) is 0 Å². The number of H-pyrrole nitrogens is 1. The molecule has 0 aliphatic carbocycles. The molecule has 124 valence electrons. The second-order valence-corrected chi connectivity index (χ2v) is 7.20. The number of benzene rings is 1. The number of halogens is 1. The highest BCUT2D eigenvalue weighted by Crippen LogP contribution is 2.30. The van der Waals surface area contributed by atoms with E-state index in [-0.39, 0.29) is 11.9 Å². The van der Waals surface area contributed by atoms with Crippen molar-refractivity contribution in [1.82, 2.24) is 9.88 Å². The molecule has 0 saturated carbocycles. The molecule has 0 atom stereocenters. The van der Waals surface area contributed by atoms with Crippen LogP contribution in [0.2, 0.25) is 0 Å². The number of likely N-dealkylation sites (tertiary alicyclic amines) is 1. The van der Waals surface area contributed by atoms with Crippen LogP contribution in [0.3, 0.4) is 0 Å². The number of nitrogens with zero attached hydrogens (tertiary/aromatic N) is 1. The third-order valence-electron chi connectivity index (χ3n) is 4.19. The molecule has 5 heteroatoms. The van der Waals surface area contributed by atoms with Crippen molar-refractivity contribution in [1.29, 1.82) is 0 Å².